The first-order valence-corrected chi connectivity index (χ1v) is 7.18. The van der Waals surface area contributed by atoms with Crippen LogP contribution in [-0.4, -0.2) is 17.6 Å². The number of nitrogens with zero attached hydrogens (tertiary/aromatic N) is 1. The van der Waals surface area contributed by atoms with Gasteiger partial charge in [0.2, 0.25) is 5.88 Å². The predicted molar refractivity (Wildman–Crippen MR) is 75.1 cm³/mol. The zero-order valence-corrected chi connectivity index (χ0v) is 11.5. The number of pyridine rings is 1. The van der Waals surface area contributed by atoms with Crippen molar-refractivity contribution < 1.29 is 4.74 Å². The van der Waals surface area contributed by atoms with Crippen molar-refractivity contribution in [1.29, 1.82) is 0 Å². The molecule has 1 saturated carbocycles. The number of aromatic nitrogens is 1. The Kier molecular flexibility index (Phi) is 4.85. The number of ether oxygens (including phenoxy) is 1. The highest BCUT2D eigenvalue weighted by molar-refractivity contribution is 5.43. The molecule has 1 heterocycles. The summed E-state index contributed by atoms with van der Waals surface area (Å²) in [5, 5.41) is 3.63. The van der Waals surface area contributed by atoms with Crippen molar-refractivity contribution in [2.75, 3.05) is 11.9 Å². The molecule has 0 saturated heterocycles. The van der Waals surface area contributed by atoms with Crippen molar-refractivity contribution in [2.45, 2.75) is 52.0 Å². The standard InChI is InChI=1S/C15H24N2O/c1-3-12-7-5-6-8-14(12)17-13-9-10-15(16-11-13)18-4-2/h9-12,14,17H,3-8H2,1-2H3. The van der Waals surface area contributed by atoms with Crippen molar-refractivity contribution in [3.05, 3.63) is 18.3 Å². The van der Waals surface area contributed by atoms with Crippen molar-refractivity contribution in [2.24, 2.45) is 5.92 Å². The van der Waals surface area contributed by atoms with Gasteiger partial charge in [-0.05, 0) is 31.7 Å². The third-order valence-electron chi connectivity index (χ3n) is 3.81. The highest BCUT2D eigenvalue weighted by atomic mass is 16.5. The van der Waals surface area contributed by atoms with E-state index in [1.807, 2.05) is 19.2 Å². The van der Waals surface area contributed by atoms with Gasteiger partial charge in [0.05, 0.1) is 18.5 Å². The SMILES string of the molecule is CCOc1ccc(NC2CCCCC2CC)cn1. The van der Waals surface area contributed by atoms with Crippen molar-refractivity contribution >= 4 is 5.69 Å². The molecule has 0 aliphatic heterocycles. The molecule has 2 rings (SSSR count). The Morgan fingerprint density at radius 2 is 2.11 bits per heavy atom. The molecule has 2 atom stereocenters. The van der Waals surface area contributed by atoms with Crippen LogP contribution in [0.4, 0.5) is 5.69 Å². The van der Waals surface area contributed by atoms with E-state index in [0.717, 1.165) is 11.6 Å². The van der Waals surface area contributed by atoms with Crippen LogP contribution in [0.2, 0.25) is 0 Å². The van der Waals surface area contributed by atoms with E-state index in [-0.39, 0.29) is 0 Å². The fourth-order valence-electron chi connectivity index (χ4n) is 2.80. The molecule has 1 aliphatic carbocycles. The average molecular weight is 248 g/mol. The summed E-state index contributed by atoms with van der Waals surface area (Å²) in [6, 6.07) is 4.62. The molecule has 1 N–H and O–H groups in total. The fraction of sp³-hybridized carbons (Fsp3) is 0.667. The third-order valence-corrected chi connectivity index (χ3v) is 3.81. The van der Waals surface area contributed by atoms with E-state index in [9.17, 15) is 0 Å². The molecule has 0 spiro atoms. The molecule has 3 heteroatoms. The maximum absolute atomic E-state index is 5.35. The predicted octanol–water partition coefficient (Wildman–Crippen LogP) is 3.86. The number of anilines is 1. The number of nitrogens with one attached hydrogen (secondary N) is 1. The minimum atomic E-state index is 0.614. The quantitative estimate of drug-likeness (QED) is 0.859. The second-order valence-corrected chi connectivity index (χ2v) is 5.02. The average Bonchev–Trinajstić information content (AvgIpc) is 2.42. The Hall–Kier alpha value is -1.25. The van der Waals surface area contributed by atoms with Crippen LogP contribution in [0.5, 0.6) is 5.88 Å². The summed E-state index contributed by atoms with van der Waals surface area (Å²) in [5.74, 6) is 1.52. The zero-order valence-electron chi connectivity index (χ0n) is 11.5. The molecule has 2 unspecified atom stereocenters. The molecule has 0 radical (unpaired) electrons. The Bertz CT molecular complexity index is 350. The van der Waals surface area contributed by atoms with Crippen LogP contribution in [0.15, 0.2) is 18.3 Å². The summed E-state index contributed by atoms with van der Waals surface area (Å²) in [7, 11) is 0. The smallest absolute Gasteiger partial charge is 0.213 e. The van der Waals surface area contributed by atoms with E-state index in [1.165, 1.54) is 32.1 Å². The topological polar surface area (TPSA) is 34.1 Å². The Morgan fingerprint density at radius 1 is 1.28 bits per heavy atom. The van der Waals surface area contributed by atoms with Crippen LogP contribution < -0.4 is 10.1 Å². The summed E-state index contributed by atoms with van der Waals surface area (Å²) < 4.78 is 5.35. The first-order chi connectivity index (χ1) is 8.83. The molecule has 0 bridgehead atoms. The van der Waals surface area contributed by atoms with E-state index in [0.29, 0.717) is 18.5 Å². The largest absolute Gasteiger partial charge is 0.478 e. The minimum Gasteiger partial charge on any atom is -0.478 e. The Labute approximate surface area is 110 Å². The van der Waals surface area contributed by atoms with E-state index in [1.54, 1.807) is 0 Å². The third kappa shape index (κ3) is 3.37. The maximum atomic E-state index is 5.35. The first-order valence-electron chi connectivity index (χ1n) is 7.18. The van der Waals surface area contributed by atoms with E-state index in [4.69, 9.17) is 4.74 Å². The summed E-state index contributed by atoms with van der Waals surface area (Å²) in [6.07, 6.45) is 8.52. The van der Waals surface area contributed by atoms with Crippen molar-refractivity contribution in [3.63, 3.8) is 0 Å². The second-order valence-electron chi connectivity index (χ2n) is 5.02. The molecule has 18 heavy (non-hydrogen) atoms. The minimum absolute atomic E-state index is 0.614. The lowest BCUT2D eigenvalue weighted by Crippen LogP contribution is -2.31. The summed E-state index contributed by atoms with van der Waals surface area (Å²) in [6.45, 7) is 4.93. The van der Waals surface area contributed by atoms with E-state index >= 15 is 0 Å². The molecule has 1 aliphatic rings. The van der Waals surface area contributed by atoms with Gasteiger partial charge in [-0.3, -0.25) is 0 Å². The number of hydrogen-bond donors (Lipinski definition) is 1. The van der Waals surface area contributed by atoms with Crippen molar-refractivity contribution in [3.8, 4) is 5.88 Å². The lowest BCUT2D eigenvalue weighted by molar-refractivity contribution is 0.316. The number of rotatable bonds is 5. The van der Waals surface area contributed by atoms with Gasteiger partial charge in [0, 0.05) is 12.1 Å². The highest BCUT2D eigenvalue weighted by Crippen LogP contribution is 2.29. The van der Waals surface area contributed by atoms with Crippen LogP contribution in [0.1, 0.15) is 46.0 Å². The fourth-order valence-corrected chi connectivity index (χ4v) is 2.80. The molecular weight excluding hydrogens is 224 g/mol. The van der Waals surface area contributed by atoms with Crippen LogP contribution in [0, 0.1) is 5.92 Å². The van der Waals surface area contributed by atoms with Gasteiger partial charge in [-0.2, -0.15) is 0 Å². The van der Waals surface area contributed by atoms with Gasteiger partial charge < -0.3 is 10.1 Å². The van der Waals surface area contributed by atoms with Gasteiger partial charge in [0.25, 0.3) is 0 Å². The van der Waals surface area contributed by atoms with Crippen LogP contribution in [-0.2, 0) is 0 Å². The molecule has 100 valence electrons. The van der Waals surface area contributed by atoms with Gasteiger partial charge >= 0.3 is 0 Å². The zero-order chi connectivity index (χ0) is 12.8. The molecule has 3 nitrogen and oxygen atoms in total. The lowest BCUT2D eigenvalue weighted by atomic mass is 9.83. The second kappa shape index (κ2) is 6.62. The van der Waals surface area contributed by atoms with Gasteiger partial charge in [-0.25, -0.2) is 4.98 Å². The van der Waals surface area contributed by atoms with E-state index < -0.39 is 0 Å². The molecule has 1 aromatic heterocycles. The molecule has 0 aromatic carbocycles. The molecular formula is C15H24N2O. The van der Waals surface area contributed by atoms with Gasteiger partial charge in [0.1, 0.15) is 0 Å². The summed E-state index contributed by atoms with van der Waals surface area (Å²) in [5.41, 5.74) is 1.11. The normalized spacial score (nSPS) is 23.7. The Balaban J connectivity index is 1.95. The van der Waals surface area contributed by atoms with E-state index in [2.05, 4.69) is 23.3 Å². The first kappa shape index (κ1) is 13.2. The lowest BCUT2D eigenvalue weighted by Gasteiger charge is -2.32. The summed E-state index contributed by atoms with van der Waals surface area (Å²) in [4.78, 5) is 4.30. The maximum Gasteiger partial charge on any atom is 0.213 e. The highest BCUT2D eigenvalue weighted by Gasteiger charge is 2.23. The van der Waals surface area contributed by atoms with Crippen LogP contribution in [0.25, 0.3) is 0 Å². The molecule has 1 fully saturated rings. The van der Waals surface area contributed by atoms with Crippen LogP contribution in [0.3, 0.4) is 0 Å². The molecule has 1 aromatic rings. The van der Waals surface area contributed by atoms with Gasteiger partial charge in [-0.15, -0.1) is 0 Å². The Morgan fingerprint density at radius 3 is 2.78 bits per heavy atom. The molecule has 0 amide bonds. The summed E-state index contributed by atoms with van der Waals surface area (Å²) >= 11 is 0. The monoisotopic (exact) mass is 248 g/mol. The van der Waals surface area contributed by atoms with Crippen LogP contribution >= 0.6 is 0 Å². The number of hydrogen-bond acceptors (Lipinski definition) is 3. The van der Waals surface area contributed by atoms with Gasteiger partial charge in [0.15, 0.2) is 0 Å². The van der Waals surface area contributed by atoms with Gasteiger partial charge in [-0.1, -0.05) is 26.2 Å². The van der Waals surface area contributed by atoms with Crippen molar-refractivity contribution in [1.82, 2.24) is 4.98 Å².